The van der Waals surface area contributed by atoms with E-state index in [1.54, 1.807) is 30.3 Å². The van der Waals surface area contributed by atoms with Crippen molar-refractivity contribution in [2.45, 2.75) is 6.92 Å². The molecule has 0 fully saturated rings. The Labute approximate surface area is 123 Å². The highest BCUT2D eigenvalue weighted by molar-refractivity contribution is 6.21. The molecule has 0 aliphatic carbocycles. The Morgan fingerprint density at radius 1 is 0.905 bits per heavy atom. The fraction of sp³-hybridized carbons (Fsp3) is 0.111. The lowest BCUT2D eigenvalue weighted by Crippen LogP contribution is -2.04. The Balaban J connectivity index is 2.43. The number of methoxy groups -OCH3 is 1. The second kappa shape index (κ2) is 6.66. The quantitative estimate of drug-likeness (QED) is 0.372. The molecule has 21 heavy (non-hydrogen) atoms. The van der Waals surface area contributed by atoms with Crippen LogP contribution in [0.4, 0.5) is 0 Å². The minimum absolute atomic E-state index is 0.00629. The van der Waals surface area contributed by atoms with Crippen molar-refractivity contribution in [1.82, 2.24) is 0 Å². The van der Waals surface area contributed by atoms with E-state index in [-0.39, 0.29) is 5.78 Å². The third-order valence-electron chi connectivity index (χ3n) is 3.12. The van der Waals surface area contributed by atoms with Gasteiger partial charge in [-0.15, -0.1) is 0 Å². The number of carbonyl (C=O) groups excluding carboxylic acids is 2. The van der Waals surface area contributed by atoms with Gasteiger partial charge in [-0.2, -0.15) is 0 Å². The normalized spacial score (nSPS) is 11.0. The molecular formula is C18H16O3. The Morgan fingerprint density at radius 3 is 2.00 bits per heavy atom. The summed E-state index contributed by atoms with van der Waals surface area (Å²) >= 11 is 0. The van der Waals surface area contributed by atoms with Gasteiger partial charge in [-0.3, -0.25) is 4.79 Å². The number of hydrogen-bond donors (Lipinski definition) is 0. The fourth-order valence-electron chi connectivity index (χ4n) is 1.97. The molecule has 3 heteroatoms. The van der Waals surface area contributed by atoms with Gasteiger partial charge in [0.2, 0.25) is 0 Å². The molecule has 0 bridgehead atoms. The Kier molecular flexibility index (Phi) is 4.67. The molecule has 106 valence electrons. The van der Waals surface area contributed by atoms with E-state index >= 15 is 0 Å². The monoisotopic (exact) mass is 280 g/mol. The molecule has 0 aliphatic heterocycles. The number of carbonyl (C=O) groups is 2. The first kappa shape index (κ1) is 14.7. The second-order valence-electron chi connectivity index (χ2n) is 4.59. The van der Waals surface area contributed by atoms with E-state index in [4.69, 9.17) is 4.74 Å². The molecule has 0 radical (unpaired) electrons. The predicted molar refractivity (Wildman–Crippen MR) is 82.8 cm³/mol. The van der Waals surface area contributed by atoms with Crippen LogP contribution in [0, 0.1) is 0 Å². The number of benzene rings is 2. The van der Waals surface area contributed by atoms with Crippen LogP contribution in [-0.2, 0) is 9.53 Å². The van der Waals surface area contributed by atoms with E-state index in [2.05, 4.69) is 0 Å². The van der Waals surface area contributed by atoms with Gasteiger partial charge in [0.05, 0.1) is 12.7 Å². The molecule has 2 rings (SSSR count). The SMILES string of the molecule is COC(=O)/C(=C/c1ccccc1)c1ccc(C(C)=O)cc1. The Bertz CT molecular complexity index is 667. The van der Waals surface area contributed by atoms with Crippen LogP contribution in [0.1, 0.15) is 28.4 Å². The van der Waals surface area contributed by atoms with Gasteiger partial charge in [-0.05, 0) is 24.1 Å². The molecule has 0 aromatic heterocycles. The number of ether oxygens (including phenoxy) is 1. The summed E-state index contributed by atoms with van der Waals surface area (Å²) in [5.41, 5.74) is 2.70. The van der Waals surface area contributed by atoms with Crippen LogP contribution in [0.3, 0.4) is 0 Å². The molecule has 0 amide bonds. The highest BCUT2D eigenvalue weighted by Gasteiger charge is 2.13. The summed E-state index contributed by atoms with van der Waals surface area (Å²) in [6.45, 7) is 1.51. The van der Waals surface area contributed by atoms with Crippen molar-refractivity contribution in [2.75, 3.05) is 7.11 Å². The van der Waals surface area contributed by atoms with Crippen LogP contribution in [0.2, 0.25) is 0 Å². The van der Waals surface area contributed by atoms with Gasteiger partial charge in [-0.1, -0.05) is 54.6 Å². The largest absolute Gasteiger partial charge is 0.465 e. The van der Waals surface area contributed by atoms with Gasteiger partial charge in [-0.25, -0.2) is 4.79 Å². The van der Waals surface area contributed by atoms with E-state index in [1.807, 2.05) is 30.3 Å². The summed E-state index contributed by atoms with van der Waals surface area (Å²) in [7, 11) is 1.35. The van der Waals surface area contributed by atoms with Gasteiger partial charge < -0.3 is 4.74 Å². The summed E-state index contributed by atoms with van der Waals surface area (Å²) in [4.78, 5) is 23.3. The van der Waals surface area contributed by atoms with E-state index in [9.17, 15) is 9.59 Å². The Morgan fingerprint density at radius 2 is 1.48 bits per heavy atom. The second-order valence-corrected chi connectivity index (χ2v) is 4.59. The molecule has 0 N–H and O–H groups in total. The number of hydrogen-bond acceptors (Lipinski definition) is 3. The van der Waals surface area contributed by atoms with Crippen molar-refractivity contribution < 1.29 is 14.3 Å². The summed E-state index contributed by atoms with van der Waals surface area (Å²) in [6, 6.07) is 16.5. The summed E-state index contributed by atoms with van der Waals surface area (Å²) in [5.74, 6) is -0.414. The van der Waals surface area contributed by atoms with Crippen LogP contribution in [0.5, 0.6) is 0 Å². The first-order valence-electron chi connectivity index (χ1n) is 6.58. The van der Waals surface area contributed by atoms with Gasteiger partial charge in [0.1, 0.15) is 0 Å². The number of ketones is 1. The standard InChI is InChI=1S/C18H16O3/c1-13(19)15-8-10-16(11-9-15)17(18(20)21-2)12-14-6-4-3-5-7-14/h3-12H,1-2H3/b17-12+. The zero-order valence-corrected chi connectivity index (χ0v) is 12.0. The molecule has 0 atom stereocenters. The van der Waals surface area contributed by atoms with Crippen LogP contribution >= 0.6 is 0 Å². The minimum atomic E-state index is -0.408. The maximum atomic E-state index is 12.0. The number of rotatable bonds is 4. The average molecular weight is 280 g/mol. The Hall–Kier alpha value is -2.68. The molecule has 0 spiro atoms. The molecule has 0 heterocycles. The number of esters is 1. The average Bonchev–Trinajstić information content (AvgIpc) is 2.53. The zero-order chi connectivity index (χ0) is 15.2. The van der Waals surface area contributed by atoms with Crippen molar-refractivity contribution >= 4 is 23.4 Å². The summed E-state index contributed by atoms with van der Waals surface area (Å²) in [6.07, 6.45) is 1.77. The van der Waals surface area contributed by atoms with Gasteiger partial charge in [0, 0.05) is 5.56 Å². The van der Waals surface area contributed by atoms with Crippen molar-refractivity contribution in [1.29, 1.82) is 0 Å². The molecule has 3 nitrogen and oxygen atoms in total. The molecule has 2 aromatic rings. The zero-order valence-electron chi connectivity index (χ0n) is 12.0. The maximum Gasteiger partial charge on any atom is 0.338 e. The third-order valence-corrected chi connectivity index (χ3v) is 3.12. The van der Waals surface area contributed by atoms with Gasteiger partial charge >= 0.3 is 5.97 Å². The number of Topliss-reactive ketones (excluding diaryl/α,β-unsaturated/α-hetero) is 1. The molecular weight excluding hydrogens is 264 g/mol. The van der Waals surface area contributed by atoms with Crippen LogP contribution in [0.25, 0.3) is 11.6 Å². The molecule has 0 saturated heterocycles. The van der Waals surface area contributed by atoms with Crippen molar-refractivity contribution in [3.8, 4) is 0 Å². The summed E-state index contributed by atoms with van der Waals surface area (Å²) in [5, 5.41) is 0. The van der Waals surface area contributed by atoms with E-state index in [1.165, 1.54) is 14.0 Å². The molecule has 0 saturated carbocycles. The van der Waals surface area contributed by atoms with Crippen LogP contribution in [0.15, 0.2) is 54.6 Å². The first-order valence-corrected chi connectivity index (χ1v) is 6.58. The van der Waals surface area contributed by atoms with E-state index in [0.29, 0.717) is 11.1 Å². The van der Waals surface area contributed by atoms with E-state index < -0.39 is 5.97 Å². The third kappa shape index (κ3) is 3.66. The smallest absolute Gasteiger partial charge is 0.338 e. The lowest BCUT2D eigenvalue weighted by Gasteiger charge is -2.07. The van der Waals surface area contributed by atoms with Gasteiger partial charge in [0.25, 0.3) is 0 Å². The molecule has 0 aliphatic rings. The van der Waals surface area contributed by atoms with Crippen LogP contribution < -0.4 is 0 Å². The summed E-state index contributed by atoms with van der Waals surface area (Å²) < 4.78 is 4.84. The highest BCUT2D eigenvalue weighted by Crippen LogP contribution is 2.20. The van der Waals surface area contributed by atoms with Crippen molar-refractivity contribution in [3.05, 3.63) is 71.3 Å². The predicted octanol–water partition coefficient (Wildman–Crippen LogP) is 3.60. The van der Waals surface area contributed by atoms with Crippen molar-refractivity contribution in [2.24, 2.45) is 0 Å². The minimum Gasteiger partial charge on any atom is -0.465 e. The highest BCUT2D eigenvalue weighted by atomic mass is 16.5. The first-order chi connectivity index (χ1) is 10.1. The van der Waals surface area contributed by atoms with E-state index in [0.717, 1.165) is 11.1 Å². The lowest BCUT2D eigenvalue weighted by atomic mass is 10.0. The lowest BCUT2D eigenvalue weighted by molar-refractivity contribution is -0.133. The van der Waals surface area contributed by atoms with Crippen LogP contribution in [-0.4, -0.2) is 18.9 Å². The van der Waals surface area contributed by atoms with Gasteiger partial charge in [0.15, 0.2) is 5.78 Å². The maximum absolute atomic E-state index is 12.0. The topological polar surface area (TPSA) is 43.4 Å². The molecule has 0 unspecified atom stereocenters. The molecule has 2 aromatic carbocycles. The fourth-order valence-corrected chi connectivity index (χ4v) is 1.97. The van der Waals surface area contributed by atoms with Crippen molar-refractivity contribution in [3.63, 3.8) is 0 Å².